The van der Waals surface area contributed by atoms with Crippen molar-refractivity contribution in [1.29, 1.82) is 0 Å². The van der Waals surface area contributed by atoms with Crippen LogP contribution in [0.3, 0.4) is 0 Å². The van der Waals surface area contributed by atoms with Gasteiger partial charge in [0, 0.05) is 16.4 Å². The highest BCUT2D eigenvalue weighted by atomic mass is 35.5. The number of rotatable bonds is 9. The Labute approximate surface area is 158 Å². The first-order chi connectivity index (χ1) is 11.9. The second kappa shape index (κ2) is 9.78. The maximum absolute atomic E-state index is 12.1. The minimum Gasteiger partial charge on any atom is -0.486 e. The normalized spacial score (nSPS) is 12.2. The molecule has 1 atom stereocenters. The molecule has 1 amide bonds. The van der Waals surface area contributed by atoms with Crippen LogP contribution in [0.4, 0.5) is 0 Å². The lowest BCUT2D eigenvalue weighted by atomic mass is 10.0. The third kappa shape index (κ3) is 7.45. The van der Waals surface area contributed by atoms with E-state index in [9.17, 15) is 4.79 Å². The van der Waals surface area contributed by atoms with Crippen LogP contribution in [0, 0.1) is 5.92 Å². The number of carbonyl (C=O) groups excluding carboxylic acids is 1. The van der Waals surface area contributed by atoms with Crippen molar-refractivity contribution in [3.63, 3.8) is 0 Å². The van der Waals surface area contributed by atoms with Crippen LogP contribution in [0.2, 0.25) is 5.02 Å². The average molecular weight is 381 g/mol. The molecule has 0 aliphatic heterocycles. The van der Waals surface area contributed by atoms with Crippen LogP contribution in [-0.4, -0.2) is 16.9 Å². The second-order valence-corrected chi connectivity index (χ2v) is 7.97. The Hall–Kier alpha value is -1.59. The highest BCUT2D eigenvalue weighted by molar-refractivity contribution is 7.09. The number of ether oxygens (including phenoxy) is 1. The van der Waals surface area contributed by atoms with Gasteiger partial charge in [-0.1, -0.05) is 25.4 Å². The van der Waals surface area contributed by atoms with E-state index in [2.05, 4.69) is 24.1 Å². The van der Waals surface area contributed by atoms with Crippen LogP contribution >= 0.6 is 22.9 Å². The Bertz CT molecular complexity index is 670. The maximum atomic E-state index is 12.1. The van der Waals surface area contributed by atoms with Gasteiger partial charge in [-0.2, -0.15) is 0 Å². The van der Waals surface area contributed by atoms with Crippen molar-refractivity contribution in [2.45, 2.75) is 52.7 Å². The third-order valence-corrected chi connectivity index (χ3v) is 4.82. The second-order valence-electron chi connectivity index (χ2n) is 6.59. The molecule has 0 aliphatic carbocycles. The fourth-order valence-electron chi connectivity index (χ4n) is 2.32. The van der Waals surface area contributed by atoms with Crippen molar-refractivity contribution < 1.29 is 9.53 Å². The van der Waals surface area contributed by atoms with E-state index in [0.717, 1.165) is 29.3 Å². The van der Waals surface area contributed by atoms with Crippen molar-refractivity contribution in [2.75, 3.05) is 0 Å². The molecule has 6 heteroatoms. The summed E-state index contributed by atoms with van der Waals surface area (Å²) in [6, 6.07) is 7.41. The molecule has 0 saturated heterocycles. The van der Waals surface area contributed by atoms with Crippen molar-refractivity contribution in [3.05, 3.63) is 45.4 Å². The molecule has 1 aromatic heterocycles. The summed E-state index contributed by atoms with van der Waals surface area (Å²) in [5.74, 6) is 1.42. The Morgan fingerprint density at radius 1 is 1.24 bits per heavy atom. The van der Waals surface area contributed by atoms with Gasteiger partial charge in [0.05, 0.1) is 12.1 Å². The highest BCUT2D eigenvalue weighted by Gasteiger charge is 2.11. The van der Waals surface area contributed by atoms with Gasteiger partial charge in [-0.05, 0) is 49.9 Å². The van der Waals surface area contributed by atoms with Gasteiger partial charge in [-0.15, -0.1) is 11.3 Å². The Morgan fingerprint density at radius 3 is 2.64 bits per heavy atom. The summed E-state index contributed by atoms with van der Waals surface area (Å²) in [6.45, 7) is 6.82. The lowest BCUT2D eigenvalue weighted by Crippen LogP contribution is -2.33. The standard InChI is InChI=1S/C19H25ClN2O2S/c1-13(2)4-5-14(3)21-18(23)10-16-12-25-19(22-16)11-24-17-8-6-15(20)7-9-17/h6-9,12-14H,4-5,10-11H2,1-3H3,(H,21,23). The summed E-state index contributed by atoms with van der Waals surface area (Å²) in [7, 11) is 0. The zero-order chi connectivity index (χ0) is 18.2. The van der Waals surface area contributed by atoms with E-state index in [-0.39, 0.29) is 11.9 Å². The molecular formula is C19H25ClN2O2S. The Kier molecular flexibility index (Phi) is 7.72. The van der Waals surface area contributed by atoms with Crippen molar-refractivity contribution >= 4 is 28.8 Å². The number of hydrogen-bond acceptors (Lipinski definition) is 4. The summed E-state index contributed by atoms with van der Waals surface area (Å²) in [5.41, 5.74) is 0.785. The van der Waals surface area contributed by atoms with E-state index in [0.29, 0.717) is 24.0 Å². The summed E-state index contributed by atoms with van der Waals surface area (Å²) in [6.07, 6.45) is 2.43. The van der Waals surface area contributed by atoms with Gasteiger partial charge in [-0.3, -0.25) is 4.79 Å². The molecule has 1 unspecified atom stereocenters. The number of thiazole rings is 1. The van der Waals surface area contributed by atoms with E-state index >= 15 is 0 Å². The molecule has 2 rings (SSSR count). The van der Waals surface area contributed by atoms with Crippen molar-refractivity contribution in [1.82, 2.24) is 10.3 Å². The number of hydrogen-bond donors (Lipinski definition) is 1. The van der Waals surface area contributed by atoms with E-state index < -0.39 is 0 Å². The van der Waals surface area contributed by atoms with Gasteiger partial charge in [0.15, 0.2) is 0 Å². The molecule has 2 aromatic rings. The fraction of sp³-hybridized carbons (Fsp3) is 0.474. The molecule has 0 spiro atoms. The number of nitrogens with one attached hydrogen (secondary N) is 1. The predicted molar refractivity (Wildman–Crippen MR) is 103 cm³/mol. The number of aromatic nitrogens is 1. The Morgan fingerprint density at radius 2 is 1.96 bits per heavy atom. The van der Waals surface area contributed by atoms with E-state index in [1.807, 2.05) is 24.4 Å². The predicted octanol–water partition coefficient (Wildman–Crippen LogP) is 4.86. The van der Waals surface area contributed by atoms with Crippen LogP contribution in [0.15, 0.2) is 29.6 Å². The molecule has 136 valence electrons. The average Bonchev–Trinajstić information content (AvgIpc) is 2.99. The molecule has 1 heterocycles. The first-order valence-electron chi connectivity index (χ1n) is 8.53. The minimum atomic E-state index is 0.0201. The molecule has 4 nitrogen and oxygen atoms in total. The zero-order valence-electron chi connectivity index (χ0n) is 14.9. The molecule has 0 aliphatic rings. The lowest BCUT2D eigenvalue weighted by molar-refractivity contribution is -0.121. The molecule has 1 N–H and O–H groups in total. The Balaban J connectivity index is 1.76. The molecule has 0 fully saturated rings. The van der Waals surface area contributed by atoms with Crippen molar-refractivity contribution in [3.8, 4) is 5.75 Å². The van der Waals surface area contributed by atoms with Crippen molar-refractivity contribution in [2.24, 2.45) is 5.92 Å². The minimum absolute atomic E-state index is 0.0201. The number of benzene rings is 1. The fourth-order valence-corrected chi connectivity index (χ4v) is 3.15. The first kappa shape index (κ1) is 19.7. The topological polar surface area (TPSA) is 51.2 Å². The van der Waals surface area contributed by atoms with Crippen LogP contribution in [-0.2, 0) is 17.8 Å². The van der Waals surface area contributed by atoms with Crippen LogP contribution < -0.4 is 10.1 Å². The van der Waals surface area contributed by atoms with Gasteiger partial charge in [-0.25, -0.2) is 4.98 Å². The van der Waals surface area contributed by atoms with Crippen LogP contribution in [0.5, 0.6) is 5.75 Å². The smallest absolute Gasteiger partial charge is 0.226 e. The monoisotopic (exact) mass is 380 g/mol. The molecule has 0 saturated carbocycles. The first-order valence-corrected chi connectivity index (χ1v) is 9.79. The van der Waals surface area contributed by atoms with Gasteiger partial charge < -0.3 is 10.1 Å². The molecule has 25 heavy (non-hydrogen) atoms. The number of carbonyl (C=O) groups is 1. The summed E-state index contributed by atoms with van der Waals surface area (Å²) >= 11 is 7.35. The molecule has 1 aromatic carbocycles. The highest BCUT2D eigenvalue weighted by Crippen LogP contribution is 2.18. The van der Waals surface area contributed by atoms with Gasteiger partial charge in [0.1, 0.15) is 17.4 Å². The SMILES string of the molecule is CC(C)CCC(C)NC(=O)Cc1csc(COc2ccc(Cl)cc2)n1. The van der Waals surface area contributed by atoms with E-state index in [1.165, 1.54) is 11.3 Å². The molecular weight excluding hydrogens is 356 g/mol. The third-order valence-electron chi connectivity index (χ3n) is 3.70. The van der Waals surface area contributed by atoms with Gasteiger partial charge >= 0.3 is 0 Å². The van der Waals surface area contributed by atoms with E-state index in [4.69, 9.17) is 16.3 Å². The number of halogens is 1. The largest absolute Gasteiger partial charge is 0.486 e. The molecule has 0 bridgehead atoms. The lowest BCUT2D eigenvalue weighted by Gasteiger charge is -2.14. The van der Waals surface area contributed by atoms with Gasteiger partial charge in [0.25, 0.3) is 0 Å². The number of nitrogens with zero attached hydrogens (tertiary/aromatic N) is 1. The number of amides is 1. The van der Waals surface area contributed by atoms with Gasteiger partial charge in [0.2, 0.25) is 5.91 Å². The molecule has 0 radical (unpaired) electrons. The quantitative estimate of drug-likeness (QED) is 0.675. The van der Waals surface area contributed by atoms with E-state index in [1.54, 1.807) is 12.1 Å². The summed E-state index contributed by atoms with van der Waals surface area (Å²) < 4.78 is 5.67. The van der Waals surface area contributed by atoms with Crippen LogP contribution in [0.25, 0.3) is 0 Å². The summed E-state index contributed by atoms with van der Waals surface area (Å²) in [5, 5.41) is 6.48. The summed E-state index contributed by atoms with van der Waals surface area (Å²) in [4.78, 5) is 16.6. The zero-order valence-corrected chi connectivity index (χ0v) is 16.5. The maximum Gasteiger partial charge on any atom is 0.226 e. The van der Waals surface area contributed by atoms with Crippen LogP contribution in [0.1, 0.15) is 44.3 Å².